The van der Waals surface area contributed by atoms with Gasteiger partial charge in [0, 0.05) is 6.20 Å². The second kappa shape index (κ2) is 5.99. The van der Waals surface area contributed by atoms with Crippen LogP contribution in [0.15, 0.2) is 31.0 Å². The largest absolute Gasteiger partial charge is 0.476 e. The Bertz CT molecular complexity index is 783. The molecule has 1 amide bonds. The van der Waals surface area contributed by atoms with Crippen molar-refractivity contribution >= 4 is 23.5 Å². The van der Waals surface area contributed by atoms with Crippen molar-refractivity contribution in [2.24, 2.45) is 0 Å². The Hall–Kier alpha value is -3.04. The van der Waals surface area contributed by atoms with Gasteiger partial charge in [0.25, 0.3) is 0 Å². The number of aromatic nitrogens is 2. The predicted molar refractivity (Wildman–Crippen MR) is 72.3 cm³/mol. The lowest BCUT2D eigenvalue weighted by Gasteiger charge is -2.09. The number of alkyl halides is 3. The van der Waals surface area contributed by atoms with E-state index in [4.69, 9.17) is 5.11 Å². The van der Waals surface area contributed by atoms with Crippen LogP contribution in [0.5, 0.6) is 0 Å². The van der Waals surface area contributed by atoms with Gasteiger partial charge in [-0.15, -0.1) is 0 Å². The molecule has 2 rings (SSSR count). The van der Waals surface area contributed by atoms with Gasteiger partial charge in [0.05, 0.1) is 5.56 Å². The SMILES string of the molecule is C=CCOC(=O)Nc1c(C(=O)O)nc2ccc(C(F)(F)F)cn12. The quantitative estimate of drug-likeness (QED) is 0.842. The summed E-state index contributed by atoms with van der Waals surface area (Å²) in [6, 6.07) is 1.75. The number of ether oxygens (including phenoxy) is 1. The summed E-state index contributed by atoms with van der Waals surface area (Å²) in [4.78, 5) is 26.4. The van der Waals surface area contributed by atoms with Crippen LogP contribution in [0, 0.1) is 0 Å². The monoisotopic (exact) mass is 329 g/mol. The normalized spacial score (nSPS) is 11.3. The molecule has 2 N–H and O–H groups in total. The molecule has 0 aromatic carbocycles. The van der Waals surface area contributed by atoms with Gasteiger partial charge in [-0.05, 0) is 12.1 Å². The van der Waals surface area contributed by atoms with E-state index in [0.29, 0.717) is 6.20 Å². The van der Waals surface area contributed by atoms with Crippen LogP contribution in [0.3, 0.4) is 0 Å². The number of imidazole rings is 1. The molecule has 0 aliphatic rings. The number of halogens is 3. The molecule has 0 bridgehead atoms. The van der Waals surface area contributed by atoms with Crippen molar-refractivity contribution < 1.29 is 32.6 Å². The number of amides is 1. The zero-order valence-corrected chi connectivity index (χ0v) is 11.4. The lowest BCUT2D eigenvalue weighted by Crippen LogP contribution is -2.17. The van der Waals surface area contributed by atoms with E-state index in [1.165, 1.54) is 6.08 Å². The van der Waals surface area contributed by atoms with E-state index in [9.17, 15) is 22.8 Å². The van der Waals surface area contributed by atoms with Gasteiger partial charge in [0.15, 0.2) is 11.5 Å². The van der Waals surface area contributed by atoms with Crippen LogP contribution in [0.1, 0.15) is 16.1 Å². The second-order valence-corrected chi connectivity index (χ2v) is 4.27. The maximum atomic E-state index is 12.8. The fourth-order valence-electron chi connectivity index (χ4n) is 1.75. The van der Waals surface area contributed by atoms with Crippen LogP contribution < -0.4 is 5.32 Å². The number of carboxylic acid groups (broad SMARTS) is 1. The van der Waals surface area contributed by atoms with Crippen molar-refractivity contribution in [3.8, 4) is 0 Å². The number of nitrogens with zero attached hydrogens (tertiary/aromatic N) is 2. The van der Waals surface area contributed by atoms with E-state index in [1.807, 2.05) is 0 Å². The number of carboxylic acids is 1. The fourth-order valence-corrected chi connectivity index (χ4v) is 1.75. The van der Waals surface area contributed by atoms with Crippen LogP contribution in [0.25, 0.3) is 5.65 Å². The molecule has 0 radical (unpaired) electrons. The first kappa shape index (κ1) is 16.3. The Morgan fingerprint density at radius 2 is 2.13 bits per heavy atom. The molecular weight excluding hydrogens is 319 g/mol. The second-order valence-electron chi connectivity index (χ2n) is 4.27. The van der Waals surface area contributed by atoms with Gasteiger partial charge in [0.1, 0.15) is 12.3 Å². The lowest BCUT2D eigenvalue weighted by molar-refractivity contribution is -0.137. The Balaban J connectivity index is 2.53. The average Bonchev–Trinajstić information content (AvgIpc) is 2.82. The minimum atomic E-state index is -4.64. The summed E-state index contributed by atoms with van der Waals surface area (Å²) in [6.07, 6.45) is -3.78. The van der Waals surface area contributed by atoms with E-state index in [2.05, 4.69) is 21.6 Å². The highest BCUT2D eigenvalue weighted by atomic mass is 19.4. The molecule has 2 aromatic rings. The highest BCUT2D eigenvalue weighted by Crippen LogP contribution is 2.30. The number of pyridine rings is 1. The van der Waals surface area contributed by atoms with Crippen LogP contribution in [-0.2, 0) is 10.9 Å². The first-order chi connectivity index (χ1) is 10.7. The zero-order valence-electron chi connectivity index (χ0n) is 11.4. The van der Waals surface area contributed by atoms with Gasteiger partial charge in [0.2, 0.25) is 0 Å². The van der Waals surface area contributed by atoms with Crippen molar-refractivity contribution in [2.75, 3.05) is 11.9 Å². The van der Waals surface area contributed by atoms with E-state index in [1.54, 1.807) is 0 Å². The number of carbonyl (C=O) groups is 2. The number of hydrogen-bond donors (Lipinski definition) is 2. The molecule has 7 nitrogen and oxygen atoms in total. The molecule has 0 atom stereocenters. The molecule has 0 aliphatic carbocycles. The van der Waals surface area contributed by atoms with Gasteiger partial charge in [-0.3, -0.25) is 9.72 Å². The van der Waals surface area contributed by atoms with Crippen molar-refractivity contribution in [2.45, 2.75) is 6.18 Å². The lowest BCUT2D eigenvalue weighted by atomic mass is 10.3. The van der Waals surface area contributed by atoms with Crippen molar-refractivity contribution in [3.63, 3.8) is 0 Å². The van der Waals surface area contributed by atoms with Crippen LogP contribution in [0.2, 0.25) is 0 Å². The van der Waals surface area contributed by atoms with Gasteiger partial charge < -0.3 is 9.84 Å². The summed E-state index contributed by atoms with van der Waals surface area (Å²) in [6.45, 7) is 3.17. The summed E-state index contributed by atoms with van der Waals surface area (Å²) in [5.74, 6) is -1.95. The van der Waals surface area contributed by atoms with Crippen molar-refractivity contribution in [1.29, 1.82) is 0 Å². The first-order valence-electron chi connectivity index (χ1n) is 6.11. The third-order valence-electron chi connectivity index (χ3n) is 2.70. The Morgan fingerprint density at radius 3 is 2.70 bits per heavy atom. The van der Waals surface area contributed by atoms with E-state index < -0.39 is 35.3 Å². The number of carbonyl (C=O) groups excluding carboxylic acids is 1. The van der Waals surface area contributed by atoms with Gasteiger partial charge in [-0.2, -0.15) is 13.2 Å². The number of anilines is 1. The highest BCUT2D eigenvalue weighted by Gasteiger charge is 2.32. The number of nitrogens with one attached hydrogen (secondary N) is 1. The molecule has 23 heavy (non-hydrogen) atoms. The van der Waals surface area contributed by atoms with Gasteiger partial charge in [-0.25, -0.2) is 14.6 Å². The maximum Gasteiger partial charge on any atom is 0.417 e. The molecule has 0 spiro atoms. The molecule has 0 fully saturated rings. The Labute approximate surface area is 127 Å². The maximum absolute atomic E-state index is 12.8. The molecule has 122 valence electrons. The Kier molecular flexibility index (Phi) is 4.25. The summed E-state index contributed by atoms with van der Waals surface area (Å²) in [7, 11) is 0. The molecular formula is C13H10F3N3O4. The summed E-state index contributed by atoms with van der Waals surface area (Å²) in [5.41, 5.74) is -1.71. The first-order valence-corrected chi connectivity index (χ1v) is 6.11. The molecule has 0 saturated heterocycles. The van der Waals surface area contributed by atoms with Gasteiger partial charge in [-0.1, -0.05) is 12.7 Å². The van der Waals surface area contributed by atoms with Crippen molar-refractivity contribution in [1.82, 2.24) is 9.38 Å². The van der Waals surface area contributed by atoms with E-state index in [-0.39, 0.29) is 12.3 Å². The number of hydrogen-bond acceptors (Lipinski definition) is 4. The zero-order chi connectivity index (χ0) is 17.2. The predicted octanol–water partition coefficient (Wildman–Crippen LogP) is 2.79. The Morgan fingerprint density at radius 1 is 1.43 bits per heavy atom. The van der Waals surface area contributed by atoms with Gasteiger partial charge >= 0.3 is 18.2 Å². The standard InChI is InChI=1S/C13H10F3N3O4/c1-2-5-23-12(22)18-10-9(11(20)21)17-8-4-3-7(6-19(8)10)13(14,15)16/h2-4,6H,1,5H2,(H,18,22)(H,20,21). The van der Waals surface area contributed by atoms with Crippen LogP contribution in [0.4, 0.5) is 23.8 Å². The molecule has 2 aromatic heterocycles. The summed E-state index contributed by atoms with van der Waals surface area (Å²) >= 11 is 0. The topological polar surface area (TPSA) is 92.9 Å². The fraction of sp³-hybridized carbons (Fsp3) is 0.154. The highest BCUT2D eigenvalue weighted by molar-refractivity contribution is 5.97. The van der Waals surface area contributed by atoms with E-state index in [0.717, 1.165) is 16.5 Å². The van der Waals surface area contributed by atoms with E-state index >= 15 is 0 Å². The summed E-state index contributed by atoms with van der Waals surface area (Å²) in [5, 5.41) is 11.2. The summed E-state index contributed by atoms with van der Waals surface area (Å²) < 4.78 is 43.7. The molecule has 10 heteroatoms. The molecule has 0 saturated carbocycles. The average molecular weight is 329 g/mol. The number of rotatable bonds is 4. The minimum Gasteiger partial charge on any atom is -0.476 e. The number of aromatic carboxylic acids is 1. The smallest absolute Gasteiger partial charge is 0.417 e. The molecule has 0 unspecified atom stereocenters. The third kappa shape index (κ3) is 3.42. The number of fused-ring (bicyclic) bond motifs is 1. The third-order valence-corrected chi connectivity index (χ3v) is 2.70. The van der Waals surface area contributed by atoms with Crippen LogP contribution >= 0.6 is 0 Å². The molecule has 0 aliphatic heterocycles. The van der Waals surface area contributed by atoms with Crippen LogP contribution in [-0.4, -0.2) is 33.2 Å². The van der Waals surface area contributed by atoms with Crippen molar-refractivity contribution in [3.05, 3.63) is 42.2 Å². The molecule has 2 heterocycles. The minimum absolute atomic E-state index is 0.0746.